The number of amides is 1. The SMILES string of the molecule is O=C(NCc1ccc2c(c1)CN(Cc1ccc([N+](=O)[O-])cc1)C2)c1cc([N+](=O)[O-])cc([N+](=O)[O-])c1. The first-order valence-corrected chi connectivity index (χ1v) is 10.5. The molecule has 0 fully saturated rings. The van der Waals surface area contributed by atoms with Crippen LogP contribution in [0.1, 0.15) is 32.6 Å². The van der Waals surface area contributed by atoms with E-state index in [1.165, 1.54) is 12.1 Å². The third-order valence-electron chi connectivity index (χ3n) is 5.65. The van der Waals surface area contributed by atoms with Crippen LogP contribution in [-0.4, -0.2) is 25.6 Å². The molecule has 3 aromatic rings. The van der Waals surface area contributed by atoms with Crippen LogP contribution in [0.25, 0.3) is 0 Å². The van der Waals surface area contributed by atoms with Gasteiger partial charge in [0.25, 0.3) is 23.0 Å². The van der Waals surface area contributed by atoms with Crippen LogP contribution in [-0.2, 0) is 26.2 Å². The van der Waals surface area contributed by atoms with E-state index in [-0.39, 0.29) is 17.8 Å². The van der Waals surface area contributed by atoms with E-state index in [4.69, 9.17) is 0 Å². The average molecular weight is 477 g/mol. The van der Waals surface area contributed by atoms with Crippen LogP contribution in [0.15, 0.2) is 60.7 Å². The average Bonchev–Trinajstić information content (AvgIpc) is 3.23. The highest BCUT2D eigenvalue weighted by atomic mass is 16.6. The summed E-state index contributed by atoms with van der Waals surface area (Å²) < 4.78 is 0. The molecule has 178 valence electrons. The van der Waals surface area contributed by atoms with Crippen molar-refractivity contribution in [3.8, 4) is 0 Å². The van der Waals surface area contributed by atoms with Crippen molar-refractivity contribution in [2.45, 2.75) is 26.2 Å². The smallest absolute Gasteiger partial charge is 0.277 e. The van der Waals surface area contributed by atoms with Gasteiger partial charge in [-0.15, -0.1) is 0 Å². The molecule has 1 aliphatic rings. The van der Waals surface area contributed by atoms with Crippen molar-refractivity contribution in [2.75, 3.05) is 0 Å². The van der Waals surface area contributed by atoms with E-state index in [1.54, 1.807) is 12.1 Å². The number of rotatable bonds is 8. The Labute approximate surface area is 198 Å². The predicted octanol–water partition coefficient (Wildman–Crippen LogP) is 3.86. The van der Waals surface area contributed by atoms with Crippen molar-refractivity contribution in [2.24, 2.45) is 0 Å². The first-order chi connectivity index (χ1) is 16.7. The van der Waals surface area contributed by atoms with Crippen LogP contribution in [0.2, 0.25) is 0 Å². The maximum atomic E-state index is 12.5. The fourth-order valence-electron chi connectivity index (χ4n) is 3.94. The molecule has 4 rings (SSSR count). The van der Waals surface area contributed by atoms with Crippen molar-refractivity contribution in [1.29, 1.82) is 0 Å². The first-order valence-electron chi connectivity index (χ1n) is 10.5. The van der Waals surface area contributed by atoms with E-state index in [1.807, 2.05) is 18.2 Å². The molecule has 0 bridgehead atoms. The Morgan fingerprint density at radius 1 is 0.743 bits per heavy atom. The molecule has 0 aliphatic carbocycles. The molecule has 0 unspecified atom stereocenters. The quantitative estimate of drug-likeness (QED) is 0.378. The van der Waals surface area contributed by atoms with Gasteiger partial charge in [-0.3, -0.25) is 40.0 Å². The number of carbonyl (C=O) groups excluding carboxylic acids is 1. The zero-order valence-corrected chi connectivity index (χ0v) is 18.2. The summed E-state index contributed by atoms with van der Waals surface area (Å²) in [6, 6.07) is 15.0. The number of nitrogens with one attached hydrogen (secondary N) is 1. The molecule has 12 nitrogen and oxygen atoms in total. The molecule has 12 heteroatoms. The highest BCUT2D eigenvalue weighted by Gasteiger charge is 2.21. The molecule has 1 amide bonds. The number of nitro groups is 3. The summed E-state index contributed by atoms with van der Waals surface area (Å²) in [5, 5.41) is 35.5. The summed E-state index contributed by atoms with van der Waals surface area (Å²) in [5.41, 5.74) is 2.81. The third-order valence-corrected chi connectivity index (χ3v) is 5.65. The zero-order chi connectivity index (χ0) is 25.1. The lowest BCUT2D eigenvalue weighted by Gasteiger charge is -2.14. The molecular formula is C23H19N5O7. The largest absolute Gasteiger partial charge is 0.348 e. The summed E-state index contributed by atoms with van der Waals surface area (Å²) >= 11 is 0. The topological polar surface area (TPSA) is 162 Å². The van der Waals surface area contributed by atoms with Gasteiger partial charge in [-0.1, -0.05) is 30.3 Å². The second-order valence-electron chi connectivity index (χ2n) is 8.11. The lowest BCUT2D eigenvalue weighted by Crippen LogP contribution is -2.23. The number of benzene rings is 3. The minimum atomic E-state index is -0.785. The van der Waals surface area contributed by atoms with Crippen LogP contribution in [0, 0.1) is 30.3 Å². The van der Waals surface area contributed by atoms with Crippen molar-refractivity contribution in [3.63, 3.8) is 0 Å². The monoisotopic (exact) mass is 477 g/mol. The van der Waals surface area contributed by atoms with Crippen LogP contribution >= 0.6 is 0 Å². The molecule has 3 aromatic carbocycles. The van der Waals surface area contributed by atoms with E-state index in [0.717, 1.165) is 47.0 Å². The van der Waals surface area contributed by atoms with E-state index >= 15 is 0 Å². The van der Waals surface area contributed by atoms with Crippen LogP contribution in [0.3, 0.4) is 0 Å². The Hall–Kier alpha value is -4.71. The van der Waals surface area contributed by atoms with Gasteiger partial charge in [0.2, 0.25) is 0 Å². The van der Waals surface area contributed by atoms with Crippen LogP contribution in [0.5, 0.6) is 0 Å². The minimum Gasteiger partial charge on any atom is -0.348 e. The van der Waals surface area contributed by atoms with Gasteiger partial charge in [0, 0.05) is 50.4 Å². The number of hydrogen-bond donors (Lipinski definition) is 1. The summed E-state index contributed by atoms with van der Waals surface area (Å²) in [6.45, 7) is 2.16. The summed E-state index contributed by atoms with van der Waals surface area (Å²) in [7, 11) is 0. The number of nitrogens with zero attached hydrogens (tertiary/aromatic N) is 4. The predicted molar refractivity (Wildman–Crippen MR) is 123 cm³/mol. The molecule has 0 saturated carbocycles. The zero-order valence-electron chi connectivity index (χ0n) is 18.2. The lowest BCUT2D eigenvalue weighted by atomic mass is 10.1. The Morgan fingerprint density at radius 3 is 1.91 bits per heavy atom. The van der Waals surface area contributed by atoms with Crippen molar-refractivity contribution < 1.29 is 19.6 Å². The molecule has 0 aromatic heterocycles. The van der Waals surface area contributed by atoms with Crippen molar-refractivity contribution >= 4 is 23.0 Å². The van der Waals surface area contributed by atoms with Gasteiger partial charge >= 0.3 is 0 Å². The Kier molecular flexibility index (Phi) is 6.46. The van der Waals surface area contributed by atoms with Crippen LogP contribution in [0.4, 0.5) is 17.1 Å². The van der Waals surface area contributed by atoms with Crippen molar-refractivity contribution in [3.05, 3.63) is 119 Å². The number of carbonyl (C=O) groups is 1. The summed E-state index contributed by atoms with van der Waals surface area (Å²) in [4.78, 5) is 45.6. The fourth-order valence-corrected chi connectivity index (χ4v) is 3.94. The normalized spacial score (nSPS) is 12.7. The Bertz CT molecular complexity index is 1310. The second kappa shape index (κ2) is 9.65. The van der Waals surface area contributed by atoms with Gasteiger partial charge < -0.3 is 5.32 Å². The van der Waals surface area contributed by atoms with E-state index in [0.29, 0.717) is 13.1 Å². The summed E-state index contributed by atoms with van der Waals surface area (Å²) in [5.74, 6) is -0.655. The molecule has 0 spiro atoms. The van der Waals surface area contributed by atoms with E-state index in [9.17, 15) is 35.1 Å². The highest BCUT2D eigenvalue weighted by Crippen LogP contribution is 2.26. The van der Waals surface area contributed by atoms with Gasteiger partial charge in [0.15, 0.2) is 0 Å². The van der Waals surface area contributed by atoms with Crippen LogP contribution < -0.4 is 5.32 Å². The Balaban J connectivity index is 1.39. The second-order valence-corrected chi connectivity index (χ2v) is 8.11. The lowest BCUT2D eigenvalue weighted by molar-refractivity contribution is -0.394. The molecule has 0 radical (unpaired) electrons. The molecule has 1 N–H and O–H groups in total. The van der Waals surface area contributed by atoms with Gasteiger partial charge in [-0.2, -0.15) is 0 Å². The van der Waals surface area contributed by atoms with Gasteiger partial charge in [0.05, 0.1) is 26.4 Å². The third kappa shape index (κ3) is 5.45. The van der Waals surface area contributed by atoms with E-state index < -0.39 is 32.1 Å². The standard InChI is InChI=1S/C23H19N5O7/c29-23(18-8-21(27(32)33)10-22(9-18)28(34)35)24-11-16-1-4-17-13-25(14-19(17)7-16)12-15-2-5-20(6-3-15)26(30)31/h1-10H,11-14H2,(H,24,29). The Morgan fingerprint density at radius 2 is 1.31 bits per heavy atom. The molecule has 0 saturated heterocycles. The molecule has 0 atom stereocenters. The number of nitro benzene ring substituents is 3. The number of non-ortho nitro benzene ring substituents is 3. The minimum absolute atomic E-state index is 0.0462. The maximum Gasteiger partial charge on any atom is 0.277 e. The van der Waals surface area contributed by atoms with Gasteiger partial charge in [-0.05, 0) is 22.3 Å². The van der Waals surface area contributed by atoms with Gasteiger partial charge in [-0.25, -0.2) is 0 Å². The van der Waals surface area contributed by atoms with Crippen molar-refractivity contribution in [1.82, 2.24) is 10.2 Å². The van der Waals surface area contributed by atoms with E-state index in [2.05, 4.69) is 10.2 Å². The van der Waals surface area contributed by atoms with Gasteiger partial charge in [0.1, 0.15) is 0 Å². The maximum absolute atomic E-state index is 12.5. The molecule has 1 heterocycles. The molecule has 1 aliphatic heterocycles. The number of hydrogen-bond acceptors (Lipinski definition) is 8. The highest BCUT2D eigenvalue weighted by molar-refractivity contribution is 5.95. The first kappa shape index (κ1) is 23.4. The molecular weight excluding hydrogens is 458 g/mol. The molecule has 35 heavy (non-hydrogen) atoms. The summed E-state index contributed by atoms with van der Waals surface area (Å²) in [6.07, 6.45) is 0. The fraction of sp³-hybridized carbons (Fsp3) is 0.174. The number of fused-ring (bicyclic) bond motifs is 1.